The Labute approximate surface area is 116 Å². The lowest BCUT2D eigenvalue weighted by Gasteiger charge is -2.09. The summed E-state index contributed by atoms with van der Waals surface area (Å²) in [5.41, 5.74) is 6.81. The Morgan fingerprint density at radius 3 is 2.75 bits per heavy atom. The van der Waals surface area contributed by atoms with Gasteiger partial charge in [-0.05, 0) is 24.3 Å². The molecule has 0 radical (unpaired) electrons. The first kappa shape index (κ1) is 13.9. The fraction of sp³-hybridized carbons (Fsp3) is 0.286. The smallest absolute Gasteiger partial charge is 0.374 e. The zero-order valence-electron chi connectivity index (χ0n) is 11.4. The van der Waals surface area contributed by atoms with Crippen LogP contribution in [-0.2, 0) is 9.53 Å². The molecule has 1 aromatic heterocycles. The third-order valence-electron chi connectivity index (χ3n) is 2.79. The highest BCUT2D eigenvalue weighted by molar-refractivity contribution is 5.93. The summed E-state index contributed by atoms with van der Waals surface area (Å²) in [6.45, 7) is 0.0228. The summed E-state index contributed by atoms with van der Waals surface area (Å²) in [6, 6.07) is 6.67. The number of fused-ring (bicyclic) bond motifs is 1. The number of nitrogen functional groups attached to an aromatic ring is 1. The Morgan fingerprint density at radius 2 is 2.05 bits per heavy atom. The molecule has 0 aliphatic heterocycles. The van der Waals surface area contributed by atoms with E-state index in [4.69, 9.17) is 14.9 Å². The van der Waals surface area contributed by atoms with Gasteiger partial charge in [0.15, 0.2) is 0 Å². The van der Waals surface area contributed by atoms with Crippen molar-refractivity contribution in [1.29, 1.82) is 0 Å². The van der Waals surface area contributed by atoms with Crippen LogP contribution in [0.1, 0.15) is 17.0 Å². The molecule has 0 unspecified atom stereocenters. The Hall–Kier alpha value is -2.50. The monoisotopic (exact) mass is 276 g/mol. The van der Waals surface area contributed by atoms with Gasteiger partial charge in [-0.2, -0.15) is 0 Å². The number of esters is 1. The molecule has 0 atom stereocenters. The fourth-order valence-electron chi connectivity index (χ4n) is 1.69. The lowest BCUT2D eigenvalue weighted by atomic mass is 10.2. The Morgan fingerprint density at radius 1 is 1.30 bits per heavy atom. The van der Waals surface area contributed by atoms with E-state index >= 15 is 0 Å². The van der Waals surface area contributed by atoms with E-state index in [1.54, 1.807) is 38.4 Å². The molecule has 0 saturated carbocycles. The number of nitrogens with two attached hydrogens (primary N) is 1. The van der Waals surface area contributed by atoms with Gasteiger partial charge < -0.3 is 19.8 Å². The zero-order valence-corrected chi connectivity index (χ0v) is 11.4. The number of anilines is 1. The number of amides is 1. The lowest BCUT2D eigenvalue weighted by Crippen LogP contribution is -2.23. The second kappa shape index (κ2) is 5.64. The van der Waals surface area contributed by atoms with Gasteiger partial charge in [0.25, 0.3) is 0 Å². The van der Waals surface area contributed by atoms with Gasteiger partial charge in [0.05, 0.1) is 6.42 Å². The Balaban J connectivity index is 1.99. The van der Waals surface area contributed by atoms with Crippen molar-refractivity contribution < 1.29 is 18.7 Å². The molecule has 20 heavy (non-hydrogen) atoms. The standard InChI is InChI=1S/C14H16N2O4/c1-16(2)13(17)5-6-19-14(18)12-8-9-7-10(15)3-4-11(9)20-12/h3-4,7-8H,5-6,15H2,1-2H3. The van der Waals surface area contributed by atoms with Crippen molar-refractivity contribution in [3.8, 4) is 0 Å². The van der Waals surface area contributed by atoms with E-state index in [2.05, 4.69) is 0 Å². The highest BCUT2D eigenvalue weighted by Crippen LogP contribution is 2.22. The van der Waals surface area contributed by atoms with Crippen molar-refractivity contribution in [2.75, 3.05) is 26.4 Å². The average Bonchev–Trinajstić information content (AvgIpc) is 2.81. The van der Waals surface area contributed by atoms with Gasteiger partial charge in [0.1, 0.15) is 12.2 Å². The zero-order chi connectivity index (χ0) is 14.7. The van der Waals surface area contributed by atoms with Gasteiger partial charge in [-0.1, -0.05) is 0 Å². The maximum absolute atomic E-state index is 11.8. The van der Waals surface area contributed by atoms with Crippen LogP contribution in [0.15, 0.2) is 28.7 Å². The molecule has 1 amide bonds. The first-order chi connectivity index (χ1) is 9.47. The van der Waals surface area contributed by atoms with Crippen LogP contribution in [-0.4, -0.2) is 37.5 Å². The number of carbonyl (C=O) groups excluding carboxylic acids is 2. The topological polar surface area (TPSA) is 85.8 Å². The van der Waals surface area contributed by atoms with E-state index in [0.717, 1.165) is 5.39 Å². The van der Waals surface area contributed by atoms with E-state index in [0.29, 0.717) is 11.3 Å². The van der Waals surface area contributed by atoms with Gasteiger partial charge in [-0.25, -0.2) is 4.79 Å². The minimum Gasteiger partial charge on any atom is -0.459 e. The van der Waals surface area contributed by atoms with Crippen LogP contribution in [0.25, 0.3) is 11.0 Å². The maximum Gasteiger partial charge on any atom is 0.374 e. The molecule has 6 nitrogen and oxygen atoms in total. The van der Waals surface area contributed by atoms with Gasteiger partial charge in [0, 0.05) is 25.2 Å². The second-order valence-electron chi connectivity index (χ2n) is 4.58. The Kier molecular flexibility index (Phi) is 3.93. The average molecular weight is 276 g/mol. The maximum atomic E-state index is 11.8. The number of hydrogen-bond donors (Lipinski definition) is 1. The van der Waals surface area contributed by atoms with Crippen LogP contribution in [0.2, 0.25) is 0 Å². The largest absolute Gasteiger partial charge is 0.459 e. The number of rotatable bonds is 4. The van der Waals surface area contributed by atoms with Gasteiger partial charge >= 0.3 is 5.97 Å². The third-order valence-corrected chi connectivity index (χ3v) is 2.79. The van der Waals surface area contributed by atoms with Crippen LogP contribution >= 0.6 is 0 Å². The van der Waals surface area contributed by atoms with Crippen LogP contribution in [0.4, 0.5) is 5.69 Å². The highest BCUT2D eigenvalue weighted by atomic mass is 16.5. The number of carbonyl (C=O) groups is 2. The molecule has 0 spiro atoms. The van der Waals surface area contributed by atoms with Crippen LogP contribution in [0.3, 0.4) is 0 Å². The summed E-state index contributed by atoms with van der Waals surface area (Å²) in [4.78, 5) is 24.6. The number of nitrogens with zero attached hydrogens (tertiary/aromatic N) is 1. The van der Waals surface area contributed by atoms with E-state index in [9.17, 15) is 9.59 Å². The predicted octanol–water partition coefficient (Wildman–Crippen LogP) is 1.65. The van der Waals surface area contributed by atoms with Crippen LogP contribution in [0, 0.1) is 0 Å². The molecular weight excluding hydrogens is 260 g/mol. The normalized spacial score (nSPS) is 10.5. The summed E-state index contributed by atoms with van der Waals surface area (Å²) >= 11 is 0. The van der Waals surface area contributed by atoms with Crippen molar-refractivity contribution >= 4 is 28.5 Å². The van der Waals surface area contributed by atoms with E-state index in [1.807, 2.05) is 0 Å². The highest BCUT2D eigenvalue weighted by Gasteiger charge is 2.14. The van der Waals surface area contributed by atoms with Crippen LogP contribution < -0.4 is 5.73 Å². The first-order valence-corrected chi connectivity index (χ1v) is 6.13. The minimum absolute atomic E-state index is 0.0228. The van der Waals surface area contributed by atoms with E-state index in [1.165, 1.54) is 4.90 Å². The summed E-state index contributed by atoms with van der Waals surface area (Å²) in [7, 11) is 3.29. The minimum atomic E-state index is -0.591. The fourth-order valence-corrected chi connectivity index (χ4v) is 1.69. The molecule has 0 saturated heterocycles. The van der Waals surface area contributed by atoms with Gasteiger partial charge in [-0.15, -0.1) is 0 Å². The van der Waals surface area contributed by atoms with Crippen molar-refractivity contribution in [3.05, 3.63) is 30.0 Å². The molecule has 2 aromatic rings. The lowest BCUT2D eigenvalue weighted by molar-refractivity contribution is -0.129. The number of ether oxygens (including phenoxy) is 1. The second-order valence-corrected chi connectivity index (χ2v) is 4.58. The molecule has 1 aromatic carbocycles. The van der Waals surface area contributed by atoms with Crippen molar-refractivity contribution in [2.45, 2.75) is 6.42 Å². The molecule has 0 fully saturated rings. The number of benzene rings is 1. The van der Waals surface area contributed by atoms with Gasteiger partial charge in [0.2, 0.25) is 11.7 Å². The van der Waals surface area contributed by atoms with Crippen molar-refractivity contribution in [1.82, 2.24) is 4.90 Å². The van der Waals surface area contributed by atoms with E-state index < -0.39 is 5.97 Å². The molecule has 0 aliphatic carbocycles. The van der Waals surface area contributed by atoms with Crippen molar-refractivity contribution in [2.24, 2.45) is 0 Å². The molecule has 106 valence electrons. The van der Waals surface area contributed by atoms with Crippen molar-refractivity contribution in [3.63, 3.8) is 0 Å². The molecule has 2 N–H and O–H groups in total. The quantitative estimate of drug-likeness (QED) is 0.678. The SMILES string of the molecule is CN(C)C(=O)CCOC(=O)c1cc2cc(N)ccc2o1. The predicted molar refractivity (Wildman–Crippen MR) is 74.2 cm³/mol. The summed E-state index contributed by atoms with van der Waals surface area (Å²) in [5.74, 6) is -0.593. The number of furan rings is 1. The molecule has 1 heterocycles. The first-order valence-electron chi connectivity index (χ1n) is 6.13. The summed E-state index contributed by atoms with van der Waals surface area (Å²) in [5, 5.41) is 0.737. The molecular formula is C14H16N2O4. The third kappa shape index (κ3) is 3.09. The molecule has 0 bridgehead atoms. The number of hydrogen-bond acceptors (Lipinski definition) is 5. The summed E-state index contributed by atoms with van der Waals surface area (Å²) in [6.07, 6.45) is 0.145. The molecule has 0 aliphatic rings. The van der Waals surface area contributed by atoms with Gasteiger partial charge in [-0.3, -0.25) is 4.79 Å². The Bertz CT molecular complexity index is 646. The summed E-state index contributed by atoms with van der Waals surface area (Å²) < 4.78 is 10.4. The molecule has 6 heteroatoms. The van der Waals surface area contributed by atoms with Crippen LogP contribution in [0.5, 0.6) is 0 Å². The molecule has 2 rings (SSSR count). The van der Waals surface area contributed by atoms with E-state index in [-0.39, 0.29) is 24.7 Å².